The van der Waals surface area contributed by atoms with Crippen molar-refractivity contribution < 1.29 is 19.4 Å². The summed E-state index contributed by atoms with van der Waals surface area (Å²) in [4.78, 5) is 24.4. The van der Waals surface area contributed by atoms with Crippen LogP contribution in [0.3, 0.4) is 0 Å². The Labute approximate surface area is 105 Å². The molecule has 0 bridgehead atoms. The fourth-order valence-electron chi connectivity index (χ4n) is 3.35. The van der Waals surface area contributed by atoms with Gasteiger partial charge in [-0.25, -0.2) is 4.79 Å². The van der Waals surface area contributed by atoms with E-state index in [2.05, 4.69) is 5.32 Å². The molecule has 1 spiro atoms. The quantitative estimate of drug-likeness (QED) is 0.742. The van der Waals surface area contributed by atoms with Crippen molar-refractivity contribution in [1.29, 1.82) is 0 Å². The van der Waals surface area contributed by atoms with E-state index < -0.39 is 6.09 Å². The number of hydrogen-bond acceptors (Lipinski definition) is 3. The van der Waals surface area contributed by atoms with Crippen molar-refractivity contribution in [3.63, 3.8) is 0 Å². The highest BCUT2D eigenvalue weighted by atomic mass is 16.5. The lowest BCUT2D eigenvalue weighted by atomic mass is 9.77. The van der Waals surface area contributed by atoms with Gasteiger partial charge in [0.1, 0.15) is 0 Å². The zero-order valence-electron chi connectivity index (χ0n) is 10.2. The topological polar surface area (TPSA) is 78.9 Å². The van der Waals surface area contributed by atoms with Crippen molar-refractivity contribution >= 4 is 12.0 Å². The van der Waals surface area contributed by atoms with Gasteiger partial charge in [-0.1, -0.05) is 0 Å². The zero-order valence-corrected chi connectivity index (χ0v) is 10.2. The molecule has 1 unspecified atom stereocenters. The third-order valence-electron chi connectivity index (χ3n) is 4.38. The summed E-state index contributed by atoms with van der Waals surface area (Å²) in [7, 11) is 0. The number of nitrogens with zero attached hydrogens (tertiary/aromatic N) is 1. The highest BCUT2D eigenvalue weighted by Gasteiger charge is 2.51. The van der Waals surface area contributed by atoms with E-state index in [1.165, 1.54) is 0 Å². The molecule has 2 saturated heterocycles. The number of nitrogens with one attached hydrogen (secondary N) is 1. The molecule has 6 heteroatoms. The molecule has 0 aromatic heterocycles. The number of ether oxygens (including phenoxy) is 1. The van der Waals surface area contributed by atoms with E-state index in [1.54, 1.807) is 0 Å². The van der Waals surface area contributed by atoms with Crippen molar-refractivity contribution in [2.24, 2.45) is 11.3 Å². The molecule has 0 radical (unpaired) electrons. The van der Waals surface area contributed by atoms with Gasteiger partial charge in [0.05, 0.1) is 19.1 Å². The Morgan fingerprint density at radius 3 is 2.61 bits per heavy atom. The van der Waals surface area contributed by atoms with Gasteiger partial charge in [-0.15, -0.1) is 0 Å². The lowest BCUT2D eigenvalue weighted by Crippen LogP contribution is -2.60. The van der Waals surface area contributed by atoms with Crippen LogP contribution >= 0.6 is 0 Å². The van der Waals surface area contributed by atoms with E-state index in [0.29, 0.717) is 13.2 Å². The second-order valence-corrected chi connectivity index (χ2v) is 5.82. The summed E-state index contributed by atoms with van der Waals surface area (Å²) < 4.78 is 5.03. The van der Waals surface area contributed by atoms with E-state index in [4.69, 9.17) is 9.84 Å². The van der Waals surface area contributed by atoms with Crippen molar-refractivity contribution in [3.05, 3.63) is 0 Å². The highest BCUT2D eigenvalue weighted by molar-refractivity contribution is 5.80. The van der Waals surface area contributed by atoms with Crippen LogP contribution in [0.1, 0.15) is 19.3 Å². The molecule has 2 amide bonds. The second kappa shape index (κ2) is 4.12. The van der Waals surface area contributed by atoms with Crippen LogP contribution in [0, 0.1) is 11.3 Å². The Morgan fingerprint density at radius 2 is 2.06 bits per heavy atom. The first-order valence-corrected chi connectivity index (χ1v) is 6.44. The van der Waals surface area contributed by atoms with Gasteiger partial charge in [-0.3, -0.25) is 4.79 Å². The predicted octanol–water partition coefficient (Wildman–Crippen LogP) is 0.281. The Balaban J connectivity index is 1.49. The monoisotopic (exact) mass is 254 g/mol. The molecule has 0 aromatic rings. The molecule has 2 N–H and O–H groups in total. The number of hydrogen-bond donors (Lipinski definition) is 2. The smallest absolute Gasteiger partial charge is 0.404 e. The Kier molecular flexibility index (Phi) is 2.69. The third-order valence-corrected chi connectivity index (χ3v) is 4.38. The lowest BCUT2D eigenvalue weighted by molar-refractivity contribution is -0.161. The van der Waals surface area contributed by atoms with Crippen LogP contribution in [0.5, 0.6) is 0 Å². The van der Waals surface area contributed by atoms with Crippen molar-refractivity contribution in [2.75, 3.05) is 26.3 Å². The molecule has 0 aromatic carbocycles. The van der Waals surface area contributed by atoms with E-state index in [9.17, 15) is 9.59 Å². The summed E-state index contributed by atoms with van der Waals surface area (Å²) in [5, 5.41) is 11.2. The molecule has 100 valence electrons. The van der Waals surface area contributed by atoms with Crippen molar-refractivity contribution in [1.82, 2.24) is 10.2 Å². The van der Waals surface area contributed by atoms with Crippen LogP contribution < -0.4 is 5.32 Å². The predicted molar refractivity (Wildman–Crippen MR) is 62.1 cm³/mol. The van der Waals surface area contributed by atoms with Crippen LogP contribution in [-0.2, 0) is 9.53 Å². The summed E-state index contributed by atoms with van der Waals surface area (Å²) in [6.07, 6.45) is 1.82. The normalized spacial score (nSPS) is 29.8. The summed E-state index contributed by atoms with van der Waals surface area (Å²) in [5.74, 6) is 0.276. The number of amides is 2. The van der Waals surface area contributed by atoms with Crippen LogP contribution in [-0.4, -0.2) is 54.4 Å². The maximum absolute atomic E-state index is 11.9. The SMILES string of the molecule is O=C(O)NC1CCC2(C1)CN(C(=O)C1COC1)C2. The summed E-state index contributed by atoms with van der Waals surface area (Å²) in [6, 6.07) is 0.0618. The van der Waals surface area contributed by atoms with E-state index >= 15 is 0 Å². The molecular weight excluding hydrogens is 236 g/mol. The van der Waals surface area contributed by atoms with Gasteiger partial charge < -0.3 is 20.1 Å². The summed E-state index contributed by atoms with van der Waals surface area (Å²) in [5.41, 5.74) is 0.174. The number of carbonyl (C=O) groups excluding carboxylic acids is 1. The second-order valence-electron chi connectivity index (χ2n) is 5.82. The Bertz CT molecular complexity index is 374. The first-order valence-electron chi connectivity index (χ1n) is 6.44. The highest BCUT2D eigenvalue weighted by Crippen LogP contribution is 2.46. The molecule has 1 atom stereocenters. The number of carbonyl (C=O) groups is 2. The maximum Gasteiger partial charge on any atom is 0.404 e. The molecule has 2 aliphatic heterocycles. The zero-order chi connectivity index (χ0) is 12.8. The molecule has 1 aliphatic carbocycles. The van der Waals surface area contributed by atoms with Gasteiger partial charge in [-0.05, 0) is 19.3 Å². The van der Waals surface area contributed by atoms with Crippen molar-refractivity contribution in [2.45, 2.75) is 25.3 Å². The fraction of sp³-hybridized carbons (Fsp3) is 0.833. The fourth-order valence-corrected chi connectivity index (χ4v) is 3.35. The number of rotatable bonds is 2. The van der Waals surface area contributed by atoms with Crippen LogP contribution in [0.25, 0.3) is 0 Å². The minimum absolute atomic E-state index is 0.0618. The van der Waals surface area contributed by atoms with Crippen molar-refractivity contribution in [3.8, 4) is 0 Å². The minimum Gasteiger partial charge on any atom is -0.465 e. The first kappa shape index (κ1) is 11.8. The van der Waals surface area contributed by atoms with Gasteiger partial charge in [0.2, 0.25) is 5.91 Å². The molecule has 18 heavy (non-hydrogen) atoms. The maximum atomic E-state index is 11.9. The van der Waals surface area contributed by atoms with Crippen LogP contribution in [0.15, 0.2) is 0 Å². The van der Waals surface area contributed by atoms with E-state index in [-0.39, 0.29) is 23.3 Å². The molecule has 3 aliphatic rings. The summed E-state index contributed by atoms with van der Waals surface area (Å²) >= 11 is 0. The van der Waals surface area contributed by atoms with E-state index in [0.717, 1.165) is 32.4 Å². The van der Waals surface area contributed by atoms with Gasteiger partial charge in [-0.2, -0.15) is 0 Å². The van der Waals surface area contributed by atoms with Crippen LogP contribution in [0.4, 0.5) is 4.79 Å². The molecule has 2 heterocycles. The van der Waals surface area contributed by atoms with Gasteiger partial charge >= 0.3 is 6.09 Å². The average molecular weight is 254 g/mol. The van der Waals surface area contributed by atoms with Gasteiger partial charge in [0.15, 0.2) is 0 Å². The number of likely N-dealkylation sites (tertiary alicyclic amines) is 1. The molecule has 1 saturated carbocycles. The number of carboxylic acid groups (broad SMARTS) is 1. The largest absolute Gasteiger partial charge is 0.465 e. The van der Waals surface area contributed by atoms with Gasteiger partial charge in [0.25, 0.3) is 0 Å². The van der Waals surface area contributed by atoms with Gasteiger partial charge in [0, 0.05) is 24.5 Å². The minimum atomic E-state index is -0.948. The molecule has 3 rings (SSSR count). The average Bonchev–Trinajstić information content (AvgIpc) is 2.55. The Hall–Kier alpha value is -1.30. The molecular formula is C12H18N2O4. The molecule has 3 fully saturated rings. The standard InChI is InChI=1S/C12H18N2O4/c15-10(8-4-18-5-8)14-6-12(7-14)2-1-9(3-12)13-11(16)17/h8-9,13H,1-7H2,(H,16,17). The lowest BCUT2D eigenvalue weighted by Gasteiger charge is -2.50. The molecule has 6 nitrogen and oxygen atoms in total. The third kappa shape index (κ3) is 1.94. The summed E-state index contributed by atoms with van der Waals surface area (Å²) in [6.45, 7) is 2.71. The van der Waals surface area contributed by atoms with Crippen LogP contribution in [0.2, 0.25) is 0 Å². The Morgan fingerprint density at radius 1 is 1.33 bits per heavy atom. The van der Waals surface area contributed by atoms with E-state index in [1.807, 2.05) is 4.90 Å². The first-order chi connectivity index (χ1) is 8.58.